The van der Waals surface area contributed by atoms with Crippen molar-refractivity contribution in [2.24, 2.45) is 5.11 Å². The lowest BCUT2D eigenvalue weighted by Crippen LogP contribution is -1.94. The van der Waals surface area contributed by atoms with Gasteiger partial charge >= 0.3 is 0 Å². The molecule has 3 N–H and O–H groups in total. The Labute approximate surface area is 93.8 Å². The van der Waals surface area contributed by atoms with Crippen molar-refractivity contribution in [2.45, 2.75) is 13.0 Å². The third kappa shape index (κ3) is 3.65. The number of aliphatic hydroxyl groups excluding tert-OH is 1. The first-order valence-corrected chi connectivity index (χ1v) is 4.94. The highest BCUT2D eigenvalue weighted by Gasteiger charge is 1.97. The van der Waals surface area contributed by atoms with Crippen LogP contribution in [0.3, 0.4) is 0 Å². The molecule has 1 rings (SSSR count). The molecule has 0 amide bonds. The van der Waals surface area contributed by atoms with Crippen LogP contribution < -0.4 is 5.73 Å². The molecule has 0 aliphatic heterocycles. The highest BCUT2D eigenvalue weighted by atomic mass is 16.3. The molecular weight excluding hydrogens is 204 g/mol. The largest absolute Gasteiger partial charge is 0.398 e. The number of aliphatic hydroxyl groups is 1. The number of nitrogens with two attached hydrogens (primary N) is 1. The Morgan fingerprint density at radius 3 is 3.00 bits per heavy atom. The fraction of sp³-hybridized carbons (Fsp3) is 0.273. The molecule has 0 aromatic heterocycles. The van der Waals surface area contributed by atoms with E-state index in [1.807, 2.05) is 24.3 Å². The van der Waals surface area contributed by atoms with Crippen molar-refractivity contribution < 1.29 is 5.11 Å². The predicted molar refractivity (Wildman–Crippen MR) is 64.4 cm³/mol. The minimum absolute atomic E-state index is 0.0633. The van der Waals surface area contributed by atoms with Gasteiger partial charge in [-0.15, -0.1) is 0 Å². The molecule has 1 aromatic carbocycles. The van der Waals surface area contributed by atoms with E-state index in [0.717, 1.165) is 11.1 Å². The van der Waals surface area contributed by atoms with Crippen LogP contribution in [0.15, 0.2) is 29.4 Å². The van der Waals surface area contributed by atoms with Gasteiger partial charge in [0.05, 0.1) is 6.61 Å². The molecule has 0 heterocycles. The molecule has 0 fully saturated rings. The molecule has 5 heteroatoms. The zero-order valence-electron chi connectivity index (χ0n) is 8.87. The summed E-state index contributed by atoms with van der Waals surface area (Å²) in [7, 11) is 0. The summed E-state index contributed by atoms with van der Waals surface area (Å²) in [6, 6.07) is 5.47. The van der Waals surface area contributed by atoms with E-state index < -0.39 is 0 Å². The van der Waals surface area contributed by atoms with Gasteiger partial charge in [-0.25, -0.2) is 0 Å². The summed E-state index contributed by atoms with van der Waals surface area (Å²) in [6.07, 6.45) is 4.52. The number of benzene rings is 1. The molecule has 0 saturated carbocycles. The number of rotatable bonds is 5. The monoisotopic (exact) mass is 218 g/mol. The zero-order valence-corrected chi connectivity index (χ0v) is 8.87. The molecular formula is C11H14N4O. The summed E-state index contributed by atoms with van der Waals surface area (Å²) in [5.41, 5.74) is 16.0. The Morgan fingerprint density at radius 2 is 2.31 bits per heavy atom. The summed E-state index contributed by atoms with van der Waals surface area (Å²) in [4.78, 5) is 2.66. The van der Waals surface area contributed by atoms with Crippen LogP contribution in [-0.2, 0) is 6.61 Å². The van der Waals surface area contributed by atoms with Gasteiger partial charge in [0.15, 0.2) is 0 Å². The topological polar surface area (TPSA) is 95.0 Å². The highest BCUT2D eigenvalue weighted by molar-refractivity contribution is 5.57. The lowest BCUT2D eigenvalue weighted by atomic mass is 10.1. The van der Waals surface area contributed by atoms with Crippen molar-refractivity contribution in [2.75, 3.05) is 12.3 Å². The summed E-state index contributed by atoms with van der Waals surface area (Å²) < 4.78 is 0. The minimum Gasteiger partial charge on any atom is -0.398 e. The van der Waals surface area contributed by atoms with E-state index in [-0.39, 0.29) is 6.61 Å². The third-order valence-corrected chi connectivity index (χ3v) is 2.11. The molecule has 0 spiro atoms. The molecule has 0 aliphatic carbocycles. The average molecular weight is 218 g/mol. The summed E-state index contributed by atoms with van der Waals surface area (Å²) in [5.74, 6) is 0. The standard InChI is InChI=1S/C11H14N4O/c12-11-5-4-9(7-10(11)8-16)3-1-2-6-14-15-13/h1,3-5,7,16H,2,6,8,12H2. The molecule has 5 nitrogen and oxygen atoms in total. The van der Waals surface area contributed by atoms with Gasteiger partial charge in [0.25, 0.3) is 0 Å². The van der Waals surface area contributed by atoms with E-state index in [9.17, 15) is 0 Å². The van der Waals surface area contributed by atoms with E-state index in [1.54, 1.807) is 6.07 Å². The Kier molecular flexibility index (Phi) is 4.92. The van der Waals surface area contributed by atoms with E-state index in [2.05, 4.69) is 10.0 Å². The summed E-state index contributed by atoms with van der Waals surface area (Å²) in [5, 5.41) is 12.4. The number of anilines is 1. The van der Waals surface area contributed by atoms with Gasteiger partial charge in [-0.05, 0) is 29.6 Å². The highest BCUT2D eigenvalue weighted by Crippen LogP contribution is 2.15. The number of nitrogens with zero attached hydrogens (tertiary/aromatic N) is 3. The first-order chi connectivity index (χ1) is 7.77. The van der Waals surface area contributed by atoms with Gasteiger partial charge in [-0.2, -0.15) is 0 Å². The number of azide groups is 1. The Hall–Kier alpha value is -1.97. The van der Waals surface area contributed by atoms with Crippen LogP contribution in [-0.4, -0.2) is 11.7 Å². The summed E-state index contributed by atoms with van der Waals surface area (Å²) in [6.45, 7) is 0.390. The van der Waals surface area contributed by atoms with E-state index in [0.29, 0.717) is 18.7 Å². The quantitative estimate of drug-likeness (QED) is 0.261. The molecule has 0 atom stereocenters. The Balaban J connectivity index is 2.63. The van der Waals surface area contributed by atoms with Crippen LogP contribution in [0.1, 0.15) is 17.5 Å². The van der Waals surface area contributed by atoms with Crippen LogP contribution in [0, 0.1) is 0 Å². The molecule has 16 heavy (non-hydrogen) atoms. The number of nitrogen functional groups attached to an aromatic ring is 1. The van der Waals surface area contributed by atoms with Crippen LogP contribution in [0.5, 0.6) is 0 Å². The van der Waals surface area contributed by atoms with E-state index in [1.165, 1.54) is 0 Å². The normalized spacial score (nSPS) is 10.3. The average Bonchev–Trinajstić information content (AvgIpc) is 2.31. The summed E-state index contributed by atoms with van der Waals surface area (Å²) >= 11 is 0. The second-order valence-corrected chi connectivity index (χ2v) is 3.26. The van der Waals surface area contributed by atoms with Crippen molar-refractivity contribution in [3.63, 3.8) is 0 Å². The molecule has 0 bridgehead atoms. The van der Waals surface area contributed by atoms with Crippen molar-refractivity contribution >= 4 is 11.8 Å². The second kappa shape index (κ2) is 6.50. The van der Waals surface area contributed by atoms with Gasteiger partial charge in [-0.3, -0.25) is 0 Å². The van der Waals surface area contributed by atoms with Crippen LogP contribution in [0.2, 0.25) is 0 Å². The van der Waals surface area contributed by atoms with Crippen LogP contribution >= 0.6 is 0 Å². The van der Waals surface area contributed by atoms with E-state index in [4.69, 9.17) is 16.4 Å². The molecule has 0 unspecified atom stereocenters. The Morgan fingerprint density at radius 1 is 1.50 bits per heavy atom. The minimum atomic E-state index is -0.0633. The maximum atomic E-state index is 9.03. The van der Waals surface area contributed by atoms with Crippen molar-refractivity contribution in [1.29, 1.82) is 0 Å². The van der Waals surface area contributed by atoms with Gasteiger partial charge in [0, 0.05) is 22.7 Å². The van der Waals surface area contributed by atoms with Gasteiger partial charge in [0.2, 0.25) is 0 Å². The van der Waals surface area contributed by atoms with Gasteiger partial charge in [-0.1, -0.05) is 23.3 Å². The predicted octanol–water partition coefficient (Wildman–Crippen LogP) is 2.47. The van der Waals surface area contributed by atoms with Crippen molar-refractivity contribution in [3.05, 3.63) is 45.8 Å². The van der Waals surface area contributed by atoms with E-state index >= 15 is 0 Å². The molecule has 0 radical (unpaired) electrons. The Bertz CT molecular complexity index is 422. The fourth-order valence-corrected chi connectivity index (χ4v) is 1.26. The smallest absolute Gasteiger partial charge is 0.0702 e. The fourth-order valence-electron chi connectivity index (χ4n) is 1.26. The SMILES string of the molecule is [N-]=[N+]=NCCC=Cc1ccc(N)c(CO)c1. The van der Waals surface area contributed by atoms with Crippen LogP contribution in [0.25, 0.3) is 16.5 Å². The molecule has 1 aromatic rings. The van der Waals surface area contributed by atoms with Gasteiger partial charge in [0.1, 0.15) is 0 Å². The lowest BCUT2D eigenvalue weighted by Gasteiger charge is -2.02. The van der Waals surface area contributed by atoms with Crippen LogP contribution in [0.4, 0.5) is 5.69 Å². The first-order valence-electron chi connectivity index (χ1n) is 4.94. The zero-order chi connectivity index (χ0) is 11.8. The third-order valence-electron chi connectivity index (χ3n) is 2.11. The second-order valence-electron chi connectivity index (χ2n) is 3.26. The van der Waals surface area contributed by atoms with Crippen molar-refractivity contribution in [1.82, 2.24) is 0 Å². The molecule has 84 valence electrons. The van der Waals surface area contributed by atoms with Crippen molar-refractivity contribution in [3.8, 4) is 0 Å². The number of hydrogen-bond acceptors (Lipinski definition) is 3. The lowest BCUT2D eigenvalue weighted by molar-refractivity contribution is 0.282. The first kappa shape index (κ1) is 12.1. The number of hydrogen-bond donors (Lipinski definition) is 2. The maximum Gasteiger partial charge on any atom is 0.0702 e. The maximum absolute atomic E-state index is 9.03. The molecule has 0 aliphatic rings. The van der Waals surface area contributed by atoms with Gasteiger partial charge < -0.3 is 10.8 Å². The molecule has 0 saturated heterocycles.